The molecule has 112 valence electrons. The van der Waals surface area contributed by atoms with Crippen LogP contribution >= 0.6 is 11.6 Å². The SMILES string of the molecule is CC(C)CCCCCCNc1ccc(C(=O)O)cc1Cl. The van der Waals surface area contributed by atoms with Crippen molar-refractivity contribution in [2.45, 2.75) is 46.0 Å². The molecule has 0 radical (unpaired) electrons. The van der Waals surface area contributed by atoms with Crippen LogP contribution in [-0.4, -0.2) is 17.6 Å². The smallest absolute Gasteiger partial charge is 0.335 e. The largest absolute Gasteiger partial charge is 0.478 e. The quantitative estimate of drug-likeness (QED) is 0.627. The van der Waals surface area contributed by atoms with E-state index in [0.717, 1.165) is 24.6 Å². The van der Waals surface area contributed by atoms with Gasteiger partial charge < -0.3 is 10.4 Å². The highest BCUT2D eigenvalue weighted by Crippen LogP contribution is 2.23. The molecule has 4 heteroatoms. The van der Waals surface area contributed by atoms with Gasteiger partial charge in [0.15, 0.2) is 0 Å². The highest BCUT2D eigenvalue weighted by Gasteiger charge is 2.06. The Bertz CT molecular complexity index is 432. The van der Waals surface area contributed by atoms with Crippen molar-refractivity contribution in [2.75, 3.05) is 11.9 Å². The molecule has 2 N–H and O–H groups in total. The Morgan fingerprint density at radius 2 is 1.95 bits per heavy atom. The molecule has 0 aliphatic carbocycles. The molecule has 0 aromatic heterocycles. The average Bonchev–Trinajstić information content (AvgIpc) is 2.38. The van der Waals surface area contributed by atoms with Gasteiger partial charge in [0.05, 0.1) is 16.3 Å². The van der Waals surface area contributed by atoms with Crippen LogP contribution in [0.3, 0.4) is 0 Å². The maximum atomic E-state index is 10.8. The fourth-order valence-corrected chi connectivity index (χ4v) is 2.29. The number of benzene rings is 1. The molecule has 0 aliphatic heterocycles. The second-order valence-electron chi connectivity index (χ2n) is 5.52. The van der Waals surface area contributed by atoms with Gasteiger partial charge in [0.25, 0.3) is 0 Å². The Morgan fingerprint density at radius 1 is 1.25 bits per heavy atom. The van der Waals surface area contributed by atoms with Gasteiger partial charge in [-0.2, -0.15) is 0 Å². The minimum absolute atomic E-state index is 0.217. The summed E-state index contributed by atoms with van der Waals surface area (Å²) in [4.78, 5) is 10.8. The molecule has 0 aliphatic rings. The number of unbranched alkanes of at least 4 members (excludes halogenated alkanes) is 3. The van der Waals surface area contributed by atoms with Crippen molar-refractivity contribution in [1.29, 1.82) is 0 Å². The molecule has 0 bridgehead atoms. The fourth-order valence-electron chi connectivity index (χ4n) is 2.05. The zero-order chi connectivity index (χ0) is 15.0. The van der Waals surface area contributed by atoms with Gasteiger partial charge in [0, 0.05) is 6.54 Å². The second-order valence-corrected chi connectivity index (χ2v) is 5.93. The number of halogens is 1. The first-order valence-corrected chi connectivity index (χ1v) is 7.65. The minimum Gasteiger partial charge on any atom is -0.478 e. The minimum atomic E-state index is -0.955. The van der Waals surface area contributed by atoms with Gasteiger partial charge in [-0.05, 0) is 30.5 Å². The van der Waals surface area contributed by atoms with Crippen LogP contribution in [0.15, 0.2) is 18.2 Å². The Balaban J connectivity index is 2.24. The second kappa shape index (κ2) is 8.85. The van der Waals surface area contributed by atoms with Crippen molar-refractivity contribution >= 4 is 23.3 Å². The normalized spacial score (nSPS) is 10.8. The Hall–Kier alpha value is -1.22. The number of anilines is 1. The number of carboxylic acids is 1. The number of nitrogens with one attached hydrogen (secondary N) is 1. The van der Waals surface area contributed by atoms with Gasteiger partial charge in [-0.1, -0.05) is 51.1 Å². The highest BCUT2D eigenvalue weighted by molar-refractivity contribution is 6.33. The van der Waals surface area contributed by atoms with Gasteiger partial charge in [-0.15, -0.1) is 0 Å². The van der Waals surface area contributed by atoms with Gasteiger partial charge in [0.2, 0.25) is 0 Å². The van der Waals surface area contributed by atoms with Crippen molar-refractivity contribution in [2.24, 2.45) is 5.92 Å². The van der Waals surface area contributed by atoms with Gasteiger partial charge in [0.1, 0.15) is 0 Å². The van der Waals surface area contributed by atoms with Gasteiger partial charge >= 0.3 is 5.97 Å². The van der Waals surface area contributed by atoms with Crippen LogP contribution in [0.1, 0.15) is 56.3 Å². The summed E-state index contributed by atoms with van der Waals surface area (Å²) in [6.07, 6.45) is 6.19. The molecule has 0 unspecified atom stereocenters. The standard InChI is InChI=1S/C16H24ClNO2/c1-12(2)7-5-3-4-6-10-18-15-9-8-13(16(19)20)11-14(15)17/h8-9,11-12,18H,3-7,10H2,1-2H3,(H,19,20). The Morgan fingerprint density at radius 3 is 2.55 bits per heavy atom. The van der Waals surface area contributed by atoms with E-state index < -0.39 is 5.97 Å². The van der Waals surface area contributed by atoms with Crippen LogP contribution in [0.25, 0.3) is 0 Å². The van der Waals surface area contributed by atoms with Crippen molar-refractivity contribution in [3.05, 3.63) is 28.8 Å². The topological polar surface area (TPSA) is 49.3 Å². The van der Waals surface area contributed by atoms with E-state index >= 15 is 0 Å². The summed E-state index contributed by atoms with van der Waals surface area (Å²) >= 11 is 6.05. The molecule has 1 rings (SSSR count). The van der Waals surface area contributed by atoms with Crippen LogP contribution in [-0.2, 0) is 0 Å². The molecule has 0 atom stereocenters. The molecule has 0 heterocycles. The zero-order valence-corrected chi connectivity index (χ0v) is 13.0. The number of rotatable bonds is 9. The molecule has 0 fully saturated rings. The van der Waals surface area contributed by atoms with Crippen LogP contribution in [0.2, 0.25) is 5.02 Å². The molecular formula is C16H24ClNO2. The first kappa shape index (κ1) is 16.8. The predicted octanol–water partition coefficient (Wildman–Crippen LogP) is 5.06. The summed E-state index contributed by atoms with van der Waals surface area (Å²) in [5.41, 5.74) is 1.02. The summed E-state index contributed by atoms with van der Waals surface area (Å²) in [7, 11) is 0. The van der Waals surface area contributed by atoms with E-state index in [0.29, 0.717) is 5.02 Å². The van der Waals surface area contributed by atoms with Crippen molar-refractivity contribution in [3.63, 3.8) is 0 Å². The van der Waals surface area contributed by atoms with E-state index in [4.69, 9.17) is 16.7 Å². The maximum absolute atomic E-state index is 10.8. The Labute approximate surface area is 126 Å². The van der Waals surface area contributed by atoms with Crippen LogP contribution < -0.4 is 5.32 Å². The lowest BCUT2D eigenvalue weighted by Crippen LogP contribution is -2.03. The number of aromatic carboxylic acids is 1. The third kappa shape index (κ3) is 6.29. The molecule has 0 spiro atoms. The maximum Gasteiger partial charge on any atom is 0.335 e. The van der Waals surface area contributed by atoms with E-state index in [9.17, 15) is 4.79 Å². The molecule has 20 heavy (non-hydrogen) atoms. The van der Waals surface area contributed by atoms with Crippen molar-refractivity contribution in [3.8, 4) is 0 Å². The number of hydrogen-bond donors (Lipinski definition) is 2. The van der Waals surface area contributed by atoms with Crippen molar-refractivity contribution < 1.29 is 9.90 Å². The first-order valence-electron chi connectivity index (χ1n) is 7.27. The van der Waals surface area contributed by atoms with Crippen LogP contribution in [0.4, 0.5) is 5.69 Å². The lowest BCUT2D eigenvalue weighted by Gasteiger charge is -2.09. The van der Waals surface area contributed by atoms with E-state index in [1.165, 1.54) is 31.7 Å². The number of carbonyl (C=O) groups is 1. The van der Waals surface area contributed by atoms with E-state index in [1.807, 2.05) is 0 Å². The average molecular weight is 298 g/mol. The first-order chi connectivity index (χ1) is 9.50. The van der Waals surface area contributed by atoms with Crippen LogP contribution in [0.5, 0.6) is 0 Å². The predicted molar refractivity (Wildman–Crippen MR) is 84.8 cm³/mol. The summed E-state index contributed by atoms with van der Waals surface area (Å²) in [5.74, 6) is -0.164. The number of carboxylic acid groups (broad SMARTS) is 1. The fraction of sp³-hybridized carbons (Fsp3) is 0.562. The lowest BCUT2D eigenvalue weighted by molar-refractivity contribution is 0.0697. The molecule has 3 nitrogen and oxygen atoms in total. The molecule has 0 saturated heterocycles. The van der Waals surface area contributed by atoms with E-state index in [-0.39, 0.29) is 5.56 Å². The summed E-state index contributed by atoms with van der Waals surface area (Å²) in [6.45, 7) is 5.38. The summed E-state index contributed by atoms with van der Waals surface area (Å²) < 4.78 is 0. The third-order valence-corrected chi connectivity index (χ3v) is 3.55. The zero-order valence-electron chi connectivity index (χ0n) is 12.3. The van der Waals surface area contributed by atoms with E-state index in [1.54, 1.807) is 12.1 Å². The van der Waals surface area contributed by atoms with Gasteiger partial charge in [-0.25, -0.2) is 4.79 Å². The van der Waals surface area contributed by atoms with E-state index in [2.05, 4.69) is 19.2 Å². The summed E-state index contributed by atoms with van der Waals surface area (Å²) in [6, 6.07) is 4.78. The number of hydrogen-bond acceptors (Lipinski definition) is 2. The lowest BCUT2D eigenvalue weighted by atomic mass is 10.0. The summed E-state index contributed by atoms with van der Waals surface area (Å²) in [5, 5.41) is 12.6. The highest BCUT2D eigenvalue weighted by atomic mass is 35.5. The van der Waals surface area contributed by atoms with Crippen LogP contribution in [0, 0.1) is 5.92 Å². The third-order valence-electron chi connectivity index (χ3n) is 3.24. The Kier molecular flexibility index (Phi) is 7.45. The molecular weight excluding hydrogens is 274 g/mol. The molecule has 1 aromatic carbocycles. The molecule has 0 amide bonds. The van der Waals surface area contributed by atoms with Gasteiger partial charge in [-0.3, -0.25) is 0 Å². The van der Waals surface area contributed by atoms with Crippen molar-refractivity contribution in [1.82, 2.24) is 0 Å². The molecule has 0 saturated carbocycles. The monoisotopic (exact) mass is 297 g/mol. The molecule has 1 aromatic rings.